The van der Waals surface area contributed by atoms with Crippen LogP contribution in [0.1, 0.15) is 50.3 Å². The molecule has 1 aromatic rings. The maximum Gasteiger partial charge on any atom is 0.00833 e. The summed E-state index contributed by atoms with van der Waals surface area (Å²) in [6, 6.07) is 7.07. The third kappa shape index (κ3) is 2.86. The van der Waals surface area contributed by atoms with Gasteiger partial charge < -0.3 is 5.32 Å². The van der Waals surface area contributed by atoms with Crippen molar-refractivity contribution in [2.24, 2.45) is 11.8 Å². The molecule has 2 rings (SSSR count). The van der Waals surface area contributed by atoms with Gasteiger partial charge in [-0.15, -0.1) is 0 Å². The van der Waals surface area contributed by atoms with Gasteiger partial charge >= 0.3 is 0 Å². The highest BCUT2D eigenvalue weighted by atomic mass is 14.9. The molecule has 1 aliphatic rings. The highest BCUT2D eigenvalue weighted by molar-refractivity contribution is 5.37. The topological polar surface area (TPSA) is 12.0 Å². The predicted molar refractivity (Wildman–Crippen MR) is 83.7 cm³/mol. The number of rotatable bonds is 5. The average molecular weight is 259 g/mol. The van der Waals surface area contributed by atoms with Gasteiger partial charge in [0.1, 0.15) is 0 Å². The summed E-state index contributed by atoms with van der Waals surface area (Å²) in [5, 5.41) is 3.58. The normalized spacial score (nSPS) is 26.5. The van der Waals surface area contributed by atoms with E-state index in [0.29, 0.717) is 5.41 Å². The Morgan fingerprint density at radius 2 is 1.89 bits per heavy atom. The van der Waals surface area contributed by atoms with Crippen LogP contribution in [0.5, 0.6) is 0 Å². The maximum absolute atomic E-state index is 3.58. The van der Waals surface area contributed by atoms with Crippen LogP contribution in [-0.2, 0) is 5.41 Å². The molecule has 0 aliphatic heterocycles. The summed E-state index contributed by atoms with van der Waals surface area (Å²) in [6.07, 6.45) is 2.69. The van der Waals surface area contributed by atoms with Crippen LogP contribution >= 0.6 is 0 Å². The molecule has 0 amide bonds. The fourth-order valence-corrected chi connectivity index (χ4v) is 3.33. The fraction of sp³-hybridized carbons (Fsp3) is 0.667. The molecule has 0 radical (unpaired) electrons. The van der Waals surface area contributed by atoms with E-state index in [1.54, 1.807) is 5.56 Å². The zero-order valence-corrected chi connectivity index (χ0v) is 13.2. The molecular formula is C18H29N. The summed E-state index contributed by atoms with van der Waals surface area (Å²) in [6.45, 7) is 13.6. The Hall–Kier alpha value is -0.820. The smallest absolute Gasteiger partial charge is 0.00833 e. The minimum absolute atomic E-state index is 0.392. The van der Waals surface area contributed by atoms with Gasteiger partial charge in [-0.2, -0.15) is 0 Å². The Balaban J connectivity index is 2.21. The van der Waals surface area contributed by atoms with Gasteiger partial charge in [-0.05, 0) is 61.8 Å². The van der Waals surface area contributed by atoms with Gasteiger partial charge in [-0.25, -0.2) is 0 Å². The van der Waals surface area contributed by atoms with E-state index in [4.69, 9.17) is 0 Å². The molecule has 1 heteroatoms. The Morgan fingerprint density at radius 1 is 1.21 bits per heavy atom. The first-order valence-corrected chi connectivity index (χ1v) is 7.77. The molecule has 0 atom stereocenters. The first-order valence-electron chi connectivity index (χ1n) is 7.77. The second kappa shape index (κ2) is 5.66. The monoisotopic (exact) mass is 259 g/mol. The second-order valence-corrected chi connectivity index (χ2v) is 6.77. The van der Waals surface area contributed by atoms with Crippen molar-refractivity contribution in [3.8, 4) is 0 Å². The van der Waals surface area contributed by atoms with Crippen molar-refractivity contribution in [1.82, 2.24) is 5.32 Å². The second-order valence-electron chi connectivity index (χ2n) is 6.77. The van der Waals surface area contributed by atoms with E-state index in [0.717, 1.165) is 24.9 Å². The number of hydrogen-bond donors (Lipinski definition) is 1. The van der Waals surface area contributed by atoms with Gasteiger partial charge in [-0.3, -0.25) is 0 Å². The molecule has 0 aromatic heterocycles. The van der Waals surface area contributed by atoms with Crippen LogP contribution in [0.25, 0.3) is 0 Å². The zero-order chi connectivity index (χ0) is 14.0. The largest absolute Gasteiger partial charge is 0.316 e. The first-order chi connectivity index (χ1) is 8.98. The van der Waals surface area contributed by atoms with Gasteiger partial charge in [0.05, 0.1) is 0 Å². The van der Waals surface area contributed by atoms with E-state index in [1.165, 1.54) is 24.0 Å². The average Bonchev–Trinajstić information content (AvgIpc) is 2.31. The van der Waals surface area contributed by atoms with Crippen LogP contribution < -0.4 is 5.32 Å². The molecule has 1 saturated carbocycles. The summed E-state index contributed by atoms with van der Waals surface area (Å²) in [4.78, 5) is 0. The third-order valence-corrected chi connectivity index (χ3v) is 5.08. The van der Waals surface area contributed by atoms with Gasteiger partial charge in [0.15, 0.2) is 0 Å². The molecule has 19 heavy (non-hydrogen) atoms. The quantitative estimate of drug-likeness (QED) is 0.835. The highest BCUT2D eigenvalue weighted by Gasteiger charge is 2.45. The van der Waals surface area contributed by atoms with E-state index < -0.39 is 0 Å². The van der Waals surface area contributed by atoms with Crippen LogP contribution in [0, 0.1) is 25.7 Å². The SMILES string of the molecule is CCNCC1(c2ccc(C)c(C)c2)CC(C(C)C)C1. The molecule has 106 valence electrons. The summed E-state index contributed by atoms with van der Waals surface area (Å²) >= 11 is 0. The number of nitrogens with one attached hydrogen (secondary N) is 1. The molecule has 0 bridgehead atoms. The van der Waals surface area contributed by atoms with Crippen LogP contribution in [0.4, 0.5) is 0 Å². The fourth-order valence-electron chi connectivity index (χ4n) is 3.33. The van der Waals surface area contributed by atoms with Crippen molar-refractivity contribution in [2.75, 3.05) is 13.1 Å². The molecule has 1 aliphatic carbocycles. The Kier molecular flexibility index (Phi) is 4.35. The third-order valence-electron chi connectivity index (χ3n) is 5.08. The predicted octanol–water partition coefficient (Wildman–Crippen LogP) is 4.22. The van der Waals surface area contributed by atoms with Gasteiger partial charge in [-0.1, -0.05) is 39.0 Å². The van der Waals surface area contributed by atoms with Gasteiger partial charge in [0.25, 0.3) is 0 Å². The minimum Gasteiger partial charge on any atom is -0.316 e. The van der Waals surface area contributed by atoms with Crippen LogP contribution in [0.15, 0.2) is 18.2 Å². The van der Waals surface area contributed by atoms with Gasteiger partial charge in [0, 0.05) is 12.0 Å². The summed E-state index contributed by atoms with van der Waals surface area (Å²) < 4.78 is 0. The lowest BCUT2D eigenvalue weighted by Gasteiger charge is -2.50. The summed E-state index contributed by atoms with van der Waals surface area (Å²) in [5.74, 6) is 1.72. The van der Waals surface area contributed by atoms with Crippen LogP contribution in [-0.4, -0.2) is 13.1 Å². The van der Waals surface area contributed by atoms with Crippen molar-refractivity contribution in [1.29, 1.82) is 0 Å². The minimum atomic E-state index is 0.392. The van der Waals surface area contributed by atoms with Crippen molar-refractivity contribution >= 4 is 0 Å². The molecule has 0 unspecified atom stereocenters. The molecule has 1 N–H and O–H groups in total. The van der Waals surface area contributed by atoms with Crippen LogP contribution in [0.3, 0.4) is 0 Å². The summed E-state index contributed by atoms with van der Waals surface area (Å²) in [5.41, 5.74) is 4.78. The van der Waals surface area contributed by atoms with Gasteiger partial charge in [0.2, 0.25) is 0 Å². The van der Waals surface area contributed by atoms with E-state index in [1.807, 2.05) is 0 Å². The van der Waals surface area contributed by atoms with Crippen molar-refractivity contribution < 1.29 is 0 Å². The van der Waals surface area contributed by atoms with E-state index >= 15 is 0 Å². The standard InChI is InChI=1S/C18H29N/c1-6-19-12-18(10-16(11-18)13(2)3)17-8-7-14(4)15(5)9-17/h7-9,13,16,19H,6,10-12H2,1-5H3. The number of aryl methyl sites for hydroxylation is 2. The van der Waals surface area contributed by atoms with E-state index in [2.05, 4.69) is 58.1 Å². The molecule has 0 saturated heterocycles. The van der Waals surface area contributed by atoms with Crippen LogP contribution in [0.2, 0.25) is 0 Å². The zero-order valence-electron chi connectivity index (χ0n) is 13.2. The molecule has 1 nitrogen and oxygen atoms in total. The Labute approximate surface area is 118 Å². The number of likely N-dealkylation sites (N-methyl/N-ethyl adjacent to an activating group) is 1. The lowest BCUT2D eigenvalue weighted by molar-refractivity contribution is 0.0982. The molecule has 1 fully saturated rings. The Bertz CT molecular complexity index is 427. The molecule has 1 aromatic carbocycles. The maximum atomic E-state index is 3.58. The van der Waals surface area contributed by atoms with E-state index in [9.17, 15) is 0 Å². The number of hydrogen-bond acceptors (Lipinski definition) is 1. The first kappa shape index (κ1) is 14.6. The lowest BCUT2D eigenvalue weighted by Crippen LogP contribution is -2.50. The van der Waals surface area contributed by atoms with Crippen molar-refractivity contribution in [2.45, 2.75) is 52.9 Å². The van der Waals surface area contributed by atoms with Crippen molar-refractivity contribution in [3.05, 3.63) is 34.9 Å². The Morgan fingerprint density at radius 3 is 2.42 bits per heavy atom. The molecular weight excluding hydrogens is 230 g/mol. The van der Waals surface area contributed by atoms with E-state index in [-0.39, 0.29) is 0 Å². The highest BCUT2D eigenvalue weighted by Crippen LogP contribution is 2.50. The number of benzene rings is 1. The summed E-state index contributed by atoms with van der Waals surface area (Å²) in [7, 11) is 0. The lowest BCUT2D eigenvalue weighted by atomic mass is 9.55. The molecule has 0 heterocycles. The molecule has 0 spiro atoms. The van der Waals surface area contributed by atoms with Crippen molar-refractivity contribution in [3.63, 3.8) is 0 Å².